The van der Waals surface area contributed by atoms with E-state index in [0.717, 1.165) is 22.3 Å². The van der Waals surface area contributed by atoms with Gasteiger partial charge >= 0.3 is 0 Å². The third kappa shape index (κ3) is 26.8. The molecule has 0 aromatic heterocycles. The summed E-state index contributed by atoms with van der Waals surface area (Å²) < 4.78 is 0. The van der Waals surface area contributed by atoms with Gasteiger partial charge in [-0.1, -0.05) is 116 Å². The largest absolute Gasteiger partial charge is 0.103 e. The standard InChI is InChI=1S/C17H20.C3H8.C3H6.C2H6/c1-7-9-11-15(4)17(6)13-12-16(5)14(3)10-8-2;2*1-3-2;1-2/h7-13H,1,3-6H2,2H3;3H2,1-2H3;3H,1H2,2H3;1-2H3/b10-8-,11-9-,13-12-;;;. The first kappa shape index (κ1) is 30.5. The van der Waals surface area contributed by atoms with Crippen LogP contribution in [-0.2, 0) is 0 Å². The maximum absolute atomic E-state index is 3.92. The Labute approximate surface area is 158 Å². The Morgan fingerprint density at radius 1 is 0.680 bits per heavy atom. The van der Waals surface area contributed by atoms with E-state index in [9.17, 15) is 0 Å². The first-order chi connectivity index (χ1) is 11.9. The smallest absolute Gasteiger partial charge is 0.0262 e. The van der Waals surface area contributed by atoms with Crippen molar-refractivity contribution in [1.29, 1.82) is 0 Å². The molecule has 0 unspecified atom stereocenters. The van der Waals surface area contributed by atoms with Gasteiger partial charge in [0.25, 0.3) is 0 Å². The maximum Gasteiger partial charge on any atom is -0.0262 e. The lowest BCUT2D eigenvalue weighted by Gasteiger charge is -2.01. The van der Waals surface area contributed by atoms with Crippen molar-refractivity contribution in [3.63, 3.8) is 0 Å². The van der Waals surface area contributed by atoms with Gasteiger partial charge in [-0.05, 0) is 36.1 Å². The molecule has 0 aromatic rings. The van der Waals surface area contributed by atoms with E-state index in [2.05, 4.69) is 53.3 Å². The topological polar surface area (TPSA) is 0 Å². The van der Waals surface area contributed by atoms with E-state index in [4.69, 9.17) is 0 Å². The van der Waals surface area contributed by atoms with Crippen LogP contribution in [-0.4, -0.2) is 0 Å². The van der Waals surface area contributed by atoms with Crippen LogP contribution >= 0.6 is 0 Å². The molecule has 0 N–H and O–H groups in total. The Morgan fingerprint density at radius 2 is 0.960 bits per heavy atom. The average molecular weight is 341 g/mol. The summed E-state index contributed by atoms with van der Waals surface area (Å²) in [7, 11) is 0. The molecule has 0 bridgehead atoms. The van der Waals surface area contributed by atoms with Crippen LogP contribution in [0.15, 0.2) is 110 Å². The van der Waals surface area contributed by atoms with Gasteiger partial charge in [-0.15, -0.1) is 6.58 Å². The molecule has 0 amide bonds. The molecule has 0 aromatic carbocycles. The molecule has 0 rings (SSSR count). The van der Waals surface area contributed by atoms with Gasteiger partial charge in [0.15, 0.2) is 0 Å². The van der Waals surface area contributed by atoms with Crippen LogP contribution in [0.3, 0.4) is 0 Å². The second-order valence-corrected chi connectivity index (χ2v) is 4.64. The van der Waals surface area contributed by atoms with Crippen LogP contribution in [0.25, 0.3) is 0 Å². The quantitative estimate of drug-likeness (QED) is 0.321. The zero-order valence-electron chi connectivity index (χ0n) is 17.6. The molecule has 140 valence electrons. The molecule has 0 aliphatic carbocycles. The van der Waals surface area contributed by atoms with Crippen LogP contribution in [0.2, 0.25) is 0 Å². The number of rotatable bonds is 7. The summed E-state index contributed by atoms with van der Waals surface area (Å²) in [4.78, 5) is 0. The maximum atomic E-state index is 3.92. The number of allylic oxidation sites excluding steroid dienone is 12. The zero-order chi connectivity index (χ0) is 20.7. The van der Waals surface area contributed by atoms with Crippen LogP contribution in [0, 0.1) is 0 Å². The van der Waals surface area contributed by atoms with Gasteiger partial charge in [-0.2, -0.15) is 0 Å². The van der Waals surface area contributed by atoms with Gasteiger partial charge in [0.05, 0.1) is 0 Å². The summed E-state index contributed by atoms with van der Waals surface area (Å²) in [5.74, 6) is 0. The third-order valence-electron chi connectivity index (χ3n) is 2.11. The Kier molecular flexibility index (Phi) is 32.4. The van der Waals surface area contributed by atoms with Gasteiger partial charge in [-0.3, -0.25) is 0 Å². The molecule has 0 saturated heterocycles. The van der Waals surface area contributed by atoms with E-state index in [1.807, 2.05) is 64.2 Å². The van der Waals surface area contributed by atoms with Gasteiger partial charge in [0.2, 0.25) is 0 Å². The summed E-state index contributed by atoms with van der Waals surface area (Å²) in [6.45, 7) is 34.7. The fraction of sp³-hybridized carbons (Fsp3) is 0.280. The van der Waals surface area contributed by atoms with E-state index < -0.39 is 0 Å². The Bertz CT molecular complexity index is 476. The average Bonchev–Trinajstić information content (AvgIpc) is 2.60. The molecule has 0 radical (unpaired) electrons. The molecule has 0 saturated carbocycles. The summed E-state index contributed by atoms with van der Waals surface area (Å²) >= 11 is 0. The molecule has 0 nitrogen and oxygen atoms in total. The minimum atomic E-state index is 0.845. The van der Waals surface area contributed by atoms with Crippen LogP contribution in [0.5, 0.6) is 0 Å². The first-order valence-corrected chi connectivity index (χ1v) is 8.79. The number of hydrogen-bond acceptors (Lipinski definition) is 0. The van der Waals surface area contributed by atoms with Crippen molar-refractivity contribution < 1.29 is 0 Å². The highest BCUT2D eigenvalue weighted by atomic mass is 14.0. The van der Waals surface area contributed by atoms with Crippen LogP contribution < -0.4 is 0 Å². The van der Waals surface area contributed by atoms with Crippen molar-refractivity contribution in [3.8, 4) is 0 Å². The van der Waals surface area contributed by atoms with Crippen molar-refractivity contribution in [2.75, 3.05) is 0 Å². The summed E-state index contributed by atoms with van der Waals surface area (Å²) in [5.41, 5.74) is 3.46. The molecule has 0 spiro atoms. The molecule has 0 aliphatic rings. The molecule has 0 fully saturated rings. The highest BCUT2D eigenvalue weighted by Crippen LogP contribution is 2.13. The molecule has 0 heteroatoms. The number of hydrogen-bond donors (Lipinski definition) is 0. The monoisotopic (exact) mass is 340 g/mol. The van der Waals surface area contributed by atoms with Crippen molar-refractivity contribution in [1.82, 2.24) is 0 Å². The molecule has 25 heavy (non-hydrogen) atoms. The van der Waals surface area contributed by atoms with Crippen LogP contribution in [0.4, 0.5) is 0 Å². The van der Waals surface area contributed by atoms with E-state index in [0.29, 0.717) is 0 Å². The first-order valence-electron chi connectivity index (χ1n) is 8.79. The third-order valence-corrected chi connectivity index (χ3v) is 2.11. The molecule has 0 heterocycles. The van der Waals surface area contributed by atoms with Crippen molar-refractivity contribution in [3.05, 3.63) is 110 Å². The predicted molar refractivity (Wildman–Crippen MR) is 123 cm³/mol. The lowest BCUT2D eigenvalue weighted by Crippen LogP contribution is -1.81. The molecule has 0 atom stereocenters. The highest BCUT2D eigenvalue weighted by molar-refractivity contribution is 5.49. The minimum Gasteiger partial charge on any atom is -0.103 e. The van der Waals surface area contributed by atoms with Gasteiger partial charge in [0, 0.05) is 0 Å². The second kappa shape index (κ2) is 26.6. The van der Waals surface area contributed by atoms with E-state index in [1.54, 1.807) is 12.2 Å². The Balaban J connectivity index is -0.000000234. The van der Waals surface area contributed by atoms with E-state index >= 15 is 0 Å². The fourth-order valence-corrected chi connectivity index (χ4v) is 1.01. The lowest BCUT2D eigenvalue weighted by atomic mass is 10.0. The van der Waals surface area contributed by atoms with Gasteiger partial charge < -0.3 is 0 Å². The summed E-state index contributed by atoms with van der Waals surface area (Å²) in [5, 5.41) is 0. The van der Waals surface area contributed by atoms with Crippen LogP contribution in [0.1, 0.15) is 48.0 Å². The second-order valence-electron chi connectivity index (χ2n) is 4.64. The van der Waals surface area contributed by atoms with E-state index in [1.165, 1.54) is 6.42 Å². The predicted octanol–water partition coefficient (Wildman–Crippen LogP) is 8.72. The molecule has 0 aliphatic heterocycles. The van der Waals surface area contributed by atoms with E-state index in [-0.39, 0.29) is 0 Å². The Morgan fingerprint density at radius 3 is 1.24 bits per heavy atom. The van der Waals surface area contributed by atoms with Gasteiger partial charge in [0.1, 0.15) is 0 Å². The normalized spacial score (nSPS) is 9.04. The Hall–Kier alpha value is -2.34. The van der Waals surface area contributed by atoms with Crippen molar-refractivity contribution in [2.24, 2.45) is 0 Å². The minimum absolute atomic E-state index is 0.845. The van der Waals surface area contributed by atoms with Gasteiger partial charge in [-0.25, -0.2) is 0 Å². The highest BCUT2D eigenvalue weighted by Gasteiger charge is 1.93. The summed E-state index contributed by atoms with van der Waals surface area (Å²) in [6, 6.07) is 0. The molecular weight excluding hydrogens is 300 g/mol. The lowest BCUT2D eigenvalue weighted by molar-refractivity contribution is 1.09. The van der Waals surface area contributed by atoms with Crippen molar-refractivity contribution >= 4 is 0 Å². The SMILES string of the molecule is C=C/C=C\C(=C)C(=C)/C=C\C(=C)C(=C)/C=C\C.C=CC.CC.CCC. The zero-order valence-corrected chi connectivity index (χ0v) is 17.6. The van der Waals surface area contributed by atoms with Crippen molar-refractivity contribution in [2.45, 2.75) is 48.0 Å². The summed E-state index contributed by atoms with van der Waals surface area (Å²) in [6.07, 6.45) is 16.0. The fourth-order valence-electron chi connectivity index (χ4n) is 1.01. The molecular formula is C25H40.